The van der Waals surface area contributed by atoms with E-state index in [-0.39, 0.29) is 5.54 Å². The zero-order valence-electron chi connectivity index (χ0n) is 12.1. The molecule has 2 unspecified atom stereocenters. The summed E-state index contributed by atoms with van der Waals surface area (Å²) in [7, 11) is 0. The Kier molecular flexibility index (Phi) is 4.52. The van der Waals surface area contributed by atoms with Gasteiger partial charge in [-0.1, -0.05) is 33.1 Å². The van der Waals surface area contributed by atoms with E-state index in [1.165, 1.54) is 44.9 Å². The van der Waals surface area contributed by atoms with E-state index < -0.39 is 0 Å². The molecule has 2 rings (SSSR count). The van der Waals surface area contributed by atoms with Crippen molar-refractivity contribution in [1.82, 2.24) is 10.6 Å². The SMILES string of the molecule is CC1CCCC(C)C1NC(=S)NC1(C)CCCC1. The molecule has 2 N–H and O–H groups in total. The van der Waals surface area contributed by atoms with Crippen LogP contribution in [0.1, 0.15) is 65.7 Å². The summed E-state index contributed by atoms with van der Waals surface area (Å²) in [5.41, 5.74) is 0.241. The van der Waals surface area contributed by atoms with Crippen LogP contribution in [0, 0.1) is 11.8 Å². The lowest BCUT2D eigenvalue weighted by molar-refractivity contribution is 0.229. The van der Waals surface area contributed by atoms with E-state index in [0.29, 0.717) is 6.04 Å². The lowest BCUT2D eigenvalue weighted by Gasteiger charge is -2.37. The first-order valence-electron chi connectivity index (χ1n) is 7.59. The normalized spacial score (nSPS) is 35.2. The minimum Gasteiger partial charge on any atom is -0.359 e. The molecule has 18 heavy (non-hydrogen) atoms. The highest BCUT2D eigenvalue weighted by atomic mass is 32.1. The van der Waals surface area contributed by atoms with Crippen LogP contribution in [-0.2, 0) is 0 Å². The Hall–Kier alpha value is -0.310. The Balaban J connectivity index is 1.86. The van der Waals surface area contributed by atoms with E-state index in [9.17, 15) is 0 Å². The highest BCUT2D eigenvalue weighted by molar-refractivity contribution is 7.80. The van der Waals surface area contributed by atoms with E-state index in [0.717, 1.165) is 16.9 Å². The number of rotatable bonds is 2. The van der Waals surface area contributed by atoms with Gasteiger partial charge in [-0.25, -0.2) is 0 Å². The topological polar surface area (TPSA) is 24.1 Å². The smallest absolute Gasteiger partial charge is 0.166 e. The first kappa shape index (κ1) is 14.1. The van der Waals surface area contributed by atoms with Crippen LogP contribution in [-0.4, -0.2) is 16.7 Å². The molecule has 0 aromatic rings. The first-order chi connectivity index (χ1) is 8.50. The number of thiocarbonyl (C=S) groups is 1. The van der Waals surface area contributed by atoms with Crippen LogP contribution in [0.4, 0.5) is 0 Å². The van der Waals surface area contributed by atoms with Gasteiger partial charge in [0.2, 0.25) is 0 Å². The standard InChI is InChI=1S/C15H28N2S/c1-11-7-6-8-12(2)13(11)16-14(18)17-15(3)9-4-5-10-15/h11-13H,4-10H2,1-3H3,(H2,16,17,18). The van der Waals surface area contributed by atoms with Crippen molar-refractivity contribution in [2.45, 2.75) is 77.3 Å². The molecule has 0 bridgehead atoms. The van der Waals surface area contributed by atoms with Gasteiger partial charge in [-0.2, -0.15) is 0 Å². The summed E-state index contributed by atoms with van der Waals surface area (Å²) < 4.78 is 0. The molecular formula is C15H28N2S. The maximum absolute atomic E-state index is 5.53. The van der Waals surface area contributed by atoms with Gasteiger partial charge in [0, 0.05) is 11.6 Å². The molecule has 2 nitrogen and oxygen atoms in total. The predicted molar refractivity (Wildman–Crippen MR) is 81.7 cm³/mol. The molecule has 0 aromatic heterocycles. The van der Waals surface area contributed by atoms with Gasteiger partial charge in [-0.05, 0) is 56.7 Å². The van der Waals surface area contributed by atoms with Crippen molar-refractivity contribution in [3.8, 4) is 0 Å². The fraction of sp³-hybridized carbons (Fsp3) is 0.933. The average molecular weight is 268 g/mol. The van der Waals surface area contributed by atoms with Crippen molar-refractivity contribution >= 4 is 17.3 Å². The summed E-state index contributed by atoms with van der Waals surface area (Å²) >= 11 is 5.53. The highest BCUT2D eigenvalue weighted by Crippen LogP contribution is 2.30. The van der Waals surface area contributed by atoms with Crippen molar-refractivity contribution in [2.24, 2.45) is 11.8 Å². The number of hydrogen-bond acceptors (Lipinski definition) is 1. The van der Waals surface area contributed by atoms with E-state index >= 15 is 0 Å². The Bertz CT molecular complexity index is 287. The third kappa shape index (κ3) is 3.37. The quantitative estimate of drug-likeness (QED) is 0.748. The van der Waals surface area contributed by atoms with E-state index in [2.05, 4.69) is 31.4 Å². The van der Waals surface area contributed by atoms with Gasteiger partial charge >= 0.3 is 0 Å². The van der Waals surface area contributed by atoms with Crippen LogP contribution in [0.25, 0.3) is 0 Å². The summed E-state index contributed by atoms with van der Waals surface area (Å²) in [6.07, 6.45) is 9.22. The highest BCUT2D eigenvalue weighted by Gasteiger charge is 2.32. The third-order valence-corrected chi connectivity index (χ3v) is 5.19. The molecule has 2 aliphatic carbocycles. The van der Waals surface area contributed by atoms with Gasteiger partial charge in [0.1, 0.15) is 0 Å². The predicted octanol–water partition coefficient (Wildman–Crippen LogP) is 3.61. The molecule has 0 amide bonds. The average Bonchev–Trinajstić information content (AvgIpc) is 2.70. The fourth-order valence-corrected chi connectivity index (χ4v) is 4.09. The zero-order valence-corrected chi connectivity index (χ0v) is 12.9. The molecular weight excluding hydrogens is 240 g/mol. The minimum atomic E-state index is 0.241. The summed E-state index contributed by atoms with van der Waals surface area (Å²) in [6.45, 7) is 7.02. The maximum Gasteiger partial charge on any atom is 0.166 e. The van der Waals surface area contributed by atoms with Gasteiger partial charge < -0.3 is 10.6 Å². The van der Waals surface area contributed by atoms with E-state index in [1.807, 2.05) is 0 Å². The molecule has 0 radical (unpaired) electrons. The van der Waals surface area contributed by atoms with Crippen LogP contribution in [0.2, 0.25) is 0 Å². The Morgan fingerprint density at radius 1 is 1.06 bits per heavy atom. The number of nitrogens with one attached hydrogen (secondary N) is 2. The van der Waals surface area contributed by atoms with Crippen molar-refractivity contribution < 1.29 is 0 Å². The second-order valence-electron chi connectivity index (χ2n) is 6.78. The fourth-order valence-electron chi connectivity index (χ4n) is 3.71. The minimum absolute atomic E-state index is 0.241. The monoisotopic (exact) mass is 268 g/mol. The van der Waals surface area contributed by atoms with Gasteiger partial charge in [0.05, 0.1) is 0 Å². The molecule has 0 aromatic carbocycles. The first-order valence-corrected chi connectivity index (χ1v) is 8.00. The molecule has 104 valence electrons. The van der Waals surface area contributed by atoms with Gasteiger partial charge in [-0.15, -0.1) is 0 Å². The third-order valence-electron chi connectivity index (χ3n) is 4.97. The number of hydrogen-bond donors (Lipinski definition) is 2. The molecule has 2 atom stereocenters. The molecule has 2 fully saturated rings. The van der Waals surface area contributed by atoms with Crippen LogP contribution in [0.5, 0.6) is 0 Å². The second kappa shape index (κ2) is 5.77. The molecule has 0 heterocycles. The summed E-state index contributed by atoms with van der Waals surface area (Å²) in [5, 5.41) is 8.03. The van der Waals surface area contributed by atoms with Crippen LogP contribution >= 0.6 is 12.2 Å². The molecule has 0 saturated heterocycles. The van der Waals surface area contributed by atoms with Crippen molar-refractivity contribution in [3.63, 3.8) is 0 Å². The zero-order chi connectivity index (χ0) is 13.2. The van der Waals surface area contributed by atoms with Crippen LogP contribution < -0.4 is 10.6 Å². The largest absolute Gasteiger partial charge is 0.359 e. The summed E-state index contributed by atoms with van der Waals surface area (Å²) in [5.74, 6) is 1.48. The van der Waals surface area contributed by atoms with Gasteiger partial charge in [0.25, 0.3) is 0 Å². The summed E-state index contributed by atoms with van der Waals surface area (Å²) in [6, 6.07) is 0.559. The molecule has 0 spiro atoms. The van der Waals surface area contributed by atoms with E-state index in [1.54, 1.807) is 0 Å². The molecule has 3 heteroatoms. The lowest BCUT2D eigenvalue weighted by atomic mass is 9.79. The van der Waals surface area contributed by atoms with Crippen LogP contribution in [0.3, 0.4) is 0 Å². The van der Waals surface area contributed by atoms with Gasteiger partial charge in [0.15, 0.2) is 5.11 Å². The molecule has 0 aliphatic heterocycles. The lowest BCUT2D eigenvalue weighted by Crippen LogP contribution is -2.54. The van der Waals surface area contributed by atoms with Crippen molar-refractivity contribution in [3.05, 3.63) is 0 Å². The Morgan fingerprint density at radius 2 is 1.61 bits per heavy atom. The maximum atomic E-state index is 5.53. The van der Waals surface area contributed by atoms with Crippen LogP contribution in [0.15, 0.2) is 0 Å². The van der Waals surface area contributed by atoms with Crippen molar-refractivity contribution in [1.29, 1.82) is 0 Å². The Labute approximate surface area is 117 Å². The summed E-state index contributed by atoms with van der Waals surface area (Å²) in [4.78, 5) is 0. The molecule has 2 aliphatic rings. The second-order valence-corrected chi connectivity index (χ2v) is 7.19. The van der Waals surface area contributed by atoms with Gasteiger partial charge in [-0.3, -0.25) is 0 Å². The van der Waals surface area contributed by atoms with E-state index in [4.69, 9.17) is 12.2 Å². The molecule has 2 saturated carbocycles. The Morgan fingerprint density at radius 3 is 2.17 bits per heavy atom. The van der Waals surface area contributed by atoms with Crippen molar-refractivity contribution in [2.75, 3.05) is 0 Å².